The van der Waals surface area contributed by atoms with E-state index in [0.717, 1.165) is 17.7 Å². The Hall–Kier alpha value is -2.83. The molecule has 1 unspecified atom stereocenters. The predicted molar refractivity (Wildman–Crippen MR) is 111 cm³/mol. The van der Waals surface area contributed by atoms with Crippen LogP contribution in [-0.4, -0.2) is 51.9 Å². The van der Waals surface area contributed by atoms with E-state index >= 15 is 0 Å². The molecule has 1 aromatic heterocycles. The van der Waals surface area contributed by atoms with Crippen molar-refractivity contribution in [2.45, 2.75) is 46.3 Å². The second-order valence-corrected chi connectivity index (χ2v) is 8.61. The van der Waals surface area contributed by atoms with Crippen LogP contribution in [0.1, 0.15) is 48.9 Å². The fourth-order valence-corrected chi connectivity index (χ4v) is 3.36. The molecule has 29 heavy (non-hydrogen) atoms. The van der Waals surface area contributed by atoms with Gasteiger partial charge in [-0.05, 0) is 51.7 Å². The molecule has 7 heteroatoms. The molecule has 1 N–H and O–H groups in total. The van der Waals surface area contributed by atoms with E-state index in [1.54, 1.807) is 11.0 Å². The molecular weight excluding hydrogens is 368 g/mol. The number of hydrogen-bond acceptors (Lipinski definition) is 4. The number of likely N-dealkylation sites (tertiary alicyclic amines) is 1. The number of ether oxygens (including phenoxy) is 1. The van der Waals surface area contributed by atoms with Gasteiger partial charge in [-0.15, -0.1) is 0 Å². The third-order valence-corrected chi connectivity index (χ3v) is 4.88. The van der Waals surface area contributed by atoms with Crippen molar-refractivity contribution >= 4 is 12.0 Å². The first kappa shape index (κ1) is 20.9. The molecule has 1 saturated heterocycles. The lowest BCUT2D eigenvalue weighted by Gasteiger charge is -2.24. The minimum atomic E-state index is -0.500. The van der Waals surface area contributed by atoms with Crippen LogP contribution in [0.5, 0.6) is 0 Å². The van der Waals surface area contributed by atoms with Gasteiger partial charge < -0.3 is 15.0 Å². The molecule has 2 amide bonds. The SMILES string of the molecule is Cc1cc(C(=O)NCC2CCN(C(=O)OC(C)(C)C)C2)nn1Cc1ccccc1. The zero-order valence-electron chi connectivity index (χ0n) is 17.6. The number of nitrogens with one attached hydrogen (secondary N) is 1. The monoisotopic (exact) mass is 398 g/mol. The molecule has 3 rings (SSSR count). The largest absolute Gasteiger partial charge is 0.444 e. The first-order valence-electron chi connectivity index (χ1n) is 10.1. The van der Waals surface area contributed by atoms with Gasteiger partial charge in [-0.25, -0.2) is 4.79 Å². The molecule has 1 fully saturated rings. The molecule has 7 nitrogen and oxygen atoms in total. The van der Waals surface area contributed by atoms with Crippen LogP contribution in [0.3, 0.4) is 0 Å². The molecule has 0 saturated carbocycles. The van der Waals surface area contributed by atoms with Gasteiger partial charge in [0.05, 0.1) is 6.54 Å². The third-order valence-electron chi connectivity index (χ3n) is 4.88. The molecular formula is C22H30N4O3. The third kappa shape index (κ3) is 5.82. The molecule has 2 heterocycles. The minimum Gasteiger partial charge on any atom is -0.444 e. The van der Waals surface area contributed by atoms with E-state index in [0.29, 0.717) is 31.9 Å². The second kappa shape index (κ2) is 8.68. The molecule has 0 bridgehead atoms. The summed E-state index contributed by atoms with van der Waals surface area (Å²) in [5, 5.41) is 7.41. The summed E-state index contributed by atoms with van der Waals surface area (Å²) < 4.78 is 7.25. The lowest BCUT2D eigenvalue weighted by Crippen LogP contribution is -2.36. The summed E-state index contributed by atoms with van der Waals surface area (Å²) in [5.74, 6) is 0.0367. The molecule has 0 aliphatic carbocycles. The van der Waals surface area contributed by atoms with Gasteiger partial charge in [-0.1, -0.05) is 30.3 Å². The summed E-state index contributed by atoms with van der Waals surface area (Å²) >= 11 is 0. The standard InChI is InChI=1S/C22H30N4O3/c1-16-12-19(24-26(16)15-17-8-6-5-7-9-17)20(27)23-13-18-10-11-25(14-18)21(28)29-22(2,3)4/h5-9,12,18H,10-11,13-15H2,1-4H3,(H,23,27). The zero-order chi connectivity index (χ0) is 21.0. The Labute approximate surface area is 172 Å². The maximum atomic E-state index is 12.5. The number of aryl methyl sites for hydroxylation is 1. The van der Waals surface area contributed by atoms with Gasteiger partial charge in [0.15, 0.2) is 0 Å². The molecule has 1 aliphatic heterocycles. The van der Waals surface area contributed by atoms with Crippen LogP contribution < -0.4 is 5.32 Å². The summed E-state index contributed by atoms with van der Waals surface area (Å²) in [6.45, 7) is 9.92. The maximum Gasteiger partial charge on any atom is 0.410 e. The molecule has 2 aromatic rings. The van der Waals surface area contributed by atoms with E-state index < -0.39 is 5.60 Å². The maximum absolute atomic E-state index is 12.5. The lowest BCUT2D eigenvalue weighted by molar-refractivity contribution is 0.0288. The van der Waals surface area contributed by atoms with Gasteiger partial charge in [-0.2, -0.15) is 5.10 Å². The summed E-state index contributed by atoms with van der Waals surface area (Å²) in [7, 11) is 0. The van der Waals surface area contributed by atoms with Crippen LogP contribution >= 0.6 is 0 Å². The van der Waals surface area contributed by atoms with Crippen molar-refractivity contribution < 1.29 is 14.3 Å². The first-order chi connectivity index (χ1) is 13.7. The number of hydrogen-bond donors (Lipinski definition) is 1. The Morgan fingerprint density at radius 1 is 1.24 bits per heavy atom. The van der Waals surface area contributed by atoms with Crippen molar-refractivity contribution in [1.82, 2.24) is 20.0 Å². The predicted octanol–water partition coefficient (Wildman–Crippen LogP) is 3.23. The molecule has 0 spiro atoms. The molecule has 1 aliphatic rings. The van der Waals surface area contributed by atoms with Crippen molar-refractivity contribution in [3.63, 3.8) is 0 Å². The van der Waals surface area contributed by atoms with Crippen molar-refractivity contribution in [3.8, 4) is 0 Å². The highest BCUT2D eigenvalue weighted by Crippen LogP contribution is 2.19. The highest BCUT2D eigenvalue weighted by Gasteiger charge is 2.30. The van der Waals surface area contributed by atoms with Gasteiger partial charge in [0, 0.05) is 25.3 Å². The van der Waals surface area contributed by atoms with Gasteiger partial charge in [0.25, 0.3) is 5.91 Å². The van der Waals surface area contributed by atoms with E-state index in [1.807, 2.05) is 62.7 Å². The lowest BCUT2D eigenvalue weighted by atomic mass is 10.1. The second-order valence-electron chi connectivity index (χ2n) is 8.61. The number of nitrogens with zero attached hydrogens (tertiary/aromatic N) is 3. The number of rotatable bonds is 5. The number of aromatic nitrogens is 2. The summed E-state index contributed by atoms with van der Waals surface area (Å²) in [4.78, 5) is 26.4. The van der Waals surface area contributed by atoms with Crippen molar-refractivity contribution in [2.75, 3.05) is 19.6 Å². The molecule has 1 aromatic carbocycles. The summed E-state index contributed by atoms with van der Waals surface area (Å²) in [5.41, 5.74) is 2.00. The van der Waals surface area contributed by atoms with E-state index in [4.69, 9.17) is 4.74 Å². The number of carbonyl (C=O) groups is 2. The summed E-state index contributed by atoms with van der Waals surface area (Å²) in [6, 6.07) is 11.8. The fraction of sp³-hybridized carbons (Fsp3) is 0.500. The number of carbonyl (C=O) groups excluding carboxylic acids is 2. The Balaban J connectivity index is 1.50. The van der Waals surface area contributed by atoms with Gasteiger partial charge >= 0.3 is 6.09 Å². The highest BCUT2D eigenvalue weighted by molar-refractivity contribution is 5.92. The van der Waals surface area contributed by atoms with E-state index in [1.165, 1.54) is 0 Å². The molecule has 0 radical (unpaired) electrons. The van der Waals surface area contributed by atoms with Crippen molar-refractivity contribution in [1.29, 1.82) is 0 Å². The van der Waals surface area contributed by atoms with Gasteiger partial charge in [0.2, 0.25) is 0 Å². The first-order valence-corrected chi connectivity index (χ1v) is 10.1. The van der Waals surface area contributed by atoms with Crippen LogP contribution in [0.2, 0.25) is 0 Å². The van der Waals surface area contributed by atoms with Gasteiger partial charge in [-0.3, -0.25) is 9.48 Å². The van der Waals surface area contributed by atoms with Crippen LogP contribution in [-0.2, 0) is 11.3 Å². The van der Waals surface area contributed by atoms with Crippen LogP contribution in [0.25, 0.3) is 0 Å². The minimum absolute atomic E-state index is 0.185. The Kier molecular flexibility index (Phi) is 6.25. The average Bonchev–Trinajstić information content (AvgIpc) is 3.27. The smallest absolute Gasteiger partial charge is 0.410 e. The zero-order valence-corrected chi connectivity index (χ0v) is 17.6. The van der Waals surface area contributed by atoms with Crippen molar-refractivity contribution in [2.24, 2.45) is 5.92 Å². The quantitative estimate of drug-likeness (QED) is 0.839. The Morgan fingerprint density at radius 2 is 1.97 bits per heavy atom. The number of amides is 2. The average molecular weight is 399 g/mol. The van der Waals surface area contributed by atoms with Crippen LogP contribution in [0.15, 0.2) is 36.4 Å². The van der Waals surface area contributed by atoms with Crippen LogP contribution in [0.4, 0.5) is 4.79 Å². The van der Waals surface area contributed by atoms with Crippen LogP contribution in [0, 0.1) is 12.8 Å². The number of benzene rings is 1. The fourth-order valence-electron chi connectivity index (χ4n) is 3.36. The Bertz CT molecular complexity index is 855. The topological polar surface area (TPSA) is 76.5 Å². The van der Waals surface area contributed by atoms with E-state index in [9.17, 15) is 9.59 Å². The van der Waals surface area contributed by atoms with E-state index in [2.05, 4.69) is 10.4 Å². The van der Waals surface area contributed by atoms with Gasteiger partial charge in [0.1, 0.15) is 11.3 Å². The highest BCUT2D eigenvalue weighted by atomic mass is 16.6. The van der Waals surface area contributed by atoms with E-state index in [-0.39, 0.29) is 17.9 Å². The van der Waals surface area contributed by atoms with Crippen molar-refractivity contribution in [3.05, 3.63) is 53.3 Å². The summed E-state index contributed by atoms with van der Waals surface area (Å²) in [6.07, 6.45) is 0.558. The Morgan fingerprint density at radius 3 is 2.66 bits per heavy atom. The normalized spacial score (nSPS) is 16.7. The molecule has 1 atom stereocenters. The molecule has 156 valence electrons.